The number of benzene rings is 1. The third-order valence-electron chi connectivity index (χ3n) is 2.25. The van der Waals surface area contributed by atoms with Crippen molar-refractivity contribution in [3.05, 3.63) is 35.9 Å². The minimum atomic E-state index is 0.762. The molecular formula is C12H18N2O. The van der Waals surface area contributed by atoms with Crippen LogP contribution in [0.15, 0.2) is 35.5 Å². The standard InChI is InChI=1S/C12H18N2O/c1-14(2)10-6-9-12(13-15)11-7-4-3-5-8-11/h3-5,7-8,15H,6,9-10H2,1-2H3. The molecule has 0 saturated carbocycles. The van der Waals surface area contributed by atoms with Gasteiger partial charge >= 0.3 is 0 Å². The molecule has 0 spiro atoms. The Kier molecular flexibility index (Phi) is 4.84. The van der Waals surface area contributed by atoms with E-state index >= 15 is 0 Å². The fourth-order valence-corrected chi connectivity index (χ4v) is 1.45. The fraction of sp³-hybridized carbons (Fsp3) is 0.417. The maximum atomic E-state index is 8.92. The molecule has 0 heterocycles. The highest BCUT2D eigenvalue weighted by Gasteiger charge is 2.03. The molecule has 0 bridgehead atoms. The Labute approximate surface area is 91.0 Å². The molecule has 1 N–H and O–H groups in total. The first-order valence-electron chi connectivity index (χ1n) is 5.15. The van der Waals surface area contributed by atoms with E-state index in [1.807, 2.05) is 44.4 Å². The van der Waals surface area contributed by atoms with Crippen molar-refractivity contribution in [2.75, 3.05) is 20.6 Å². The van der Waals surface area contributed by atoms with Crippen molar-refractivity contribution < 1.29 is 5.21 Å². The second-order valence-corrected chi connectivity index (χ2v) is 3.82. The van der Waals surface area contributed by atoms with Gasteiger partial charge in [-0.1, -0.05) is 35.5 Å². The van der Waals surface area contributed by atoms with Crippen molar-refractivity contribution >= 4 is 5.71 Å². The Bertz CT molecular complexity index is 307. The Morgan fingerprint density at radius 2 is 1.93 bits per heavy atom. The third kappa shape index (κ3) is 4.13. The van der Waals surface area contributed by atoms with Gasteiger partial charge in [-0.05, 0) is 39.0 Å². The highest BCUT2D eigenvalue weighted by atomic mass is 16.4. The third-order valence-corrected chi connectivity index (χ3v) is 2.25. The molecule has 15 heavy (non-hydrogen) atoms. The summed E-state index contributed by atoms with van der Waals surface area (Å²) in [4.78, 5) is 2.12. The van der Waals surface area contributed by atoms with E-state index in [1.54, 1.807) is 0 Å². The zero-order valence-corrected chi connectivity index (χ0v) is 9.35. The van der Waals surface area contributed by atoms with Crippen LogP contribution in [0, 0.1) is 0 Å². The van der Waals surface area contributed by atoms with Gasteiger partial charge in [-0.2, -0.15) is 0 Å². The summed E-state index contributed by atoms with van der Waals surface area (Å²) in [5.74, 6) is 0. The van der Waals surface area contributed by atoms with Gasteiger partial charge in [0.15, 0.2) is 0 Å². The molecule has 0 aromatic heterocycles. The minimum Gasteiger partial charge on any atom is -0.411 e. The minimum absolute atomic E-state index is 0.762. The number of hydrogen-bond acceptors (Lipinski definition) is 3. The molecule has 1 aromatic carbocycles. The first kappa shape index (κ1) is 11.7. The first-order valence-corrected chi connectivity index (χ1v) is 5.15. The second kappa shape index (κ2) is 6.19. The van der Waals surface area contributed by atoms with Crippen molar-refractivity contribution in [3.63, 3.8) is 0 Å². The van der Waals surface area contributed by atoms with Gasteiger partial charge < -0.3 is 10.1 Å². The topological polar surface area (TPSA) is 35.8 Å². The Morgan fingerprint density at radius 3 is 2.47 bits per heavy atom. The average molecular weight is 206 g/mol. The van der Waals surface area contributed by atoms with Gasteiger partial charge in [0.2, 0.25) is 0 Å². The Balaban J connectivity index is 2.51. The van der Waals surface area contributed by atoms with Gasteiger partial charge in [0.05, 0.1) is 5.71 Å². The van der Waals surface area contributed by atoms with E-state index in [0.717, 1.165) is 30.7 Å². The van der Waals surface area contributed by atoms with Crippen LogP contribution in [0.1, 0.15) is 18.4 Å². The van der Waals surface area contributed by atoms with Crippen LogP contribution in [0.4, 0.5) is 0 Å². The largest absolute Gasteiger partial charge is 0.411 e. The van der Waals surface area contributed by atoms with Gasteiger partial charge in [-0.3, -0.25) is 0 Å². The monoisotopic (exact) mass is 206 g/mol. The molecule has 82 valence electrons. The molecule has 0 radical (unpaired) electrons. The molecular weight excluding hydrogens is 188 g/mol. The lowest BCUT2D eigenvalue weighted by Crippen LogP contribution is -2.14. The molecule has 1 rings (SSSR count). The zero-order valence-electron chi connectivity index (χ0n) is 9.35. The highest BCUT2D eigenvalue weighted by molar-refractivity contribution is 6.00. The molecule has 0 fully saturated rings. The summed E-state index contributed by atoms with van der Waals surface area (Å²) in [7, 11) is 4.08. The van der Waals surface area contributed by atoms with Crippen molar-refractivity contribution in [2.45, 2.75) is 12.8 Å². The summed E-state index contributed by atoms with van der Waals surface area (Å²) in [5, 5.41) is 12.3. The van der Waals surface area contributed by atoms with Crippen LogP contribution in [-0.2, 0) is 0 Å². The van der Waals surface area contributed by atoms with E-state index in [1.165, 1.54) is 0 Å². The van der Waals surface area contributed by atoms with Crippen molar-refractivity contribution in [1.29, 1.82) is 0 Å². The zero-order chi connectivity index (χ0) is 11.1. The quantitative estimate of drug-likeness (QED) is 0.455. The van der Waals surface area contributed by atoms with E-state index in [2.05, 4.69) is 10.1 Å². The summed E-state index contributed by atoms with van der Waals surface area (Å²) in [6.45, 7) is 1.01. The van der Waals surface area contributed by atoms with E-state index in [4.69, 9.17) is 5.21 Å². The van der Waals surface area contributed by atoms with E-state index in [0.29, 0.717) is 0 Å². The van der Waals surface area contributed by atoms with E-state index in [9.17, 15) is 0 Å². The predicted molar refractivity (Wildman–Crippen MR) is 62.6 cm³/mol. The van der Waals surface area contributed by atoms with Gasteiger partial charge in [0.1, 0.15) is 0 Å². The molecule has 0 unspecified atom stereocenters. The Morgan fingerprint density at radius 1 is 1.27 bits per heavy atom. The van der Waals surface area contributed by atoms with Gasteiger partial charge in [-0.15, -0.1) is 0 Å². The number of oxime groups is 1. The van der Waals surface area contributed by atoms with Crippen LogP contribution < -0.4 is 0 Å². The molecule has 0 aliphatic rings. The fourth-order valence-electron chi connectivity index (χ4n) is 1.45. The SMILES string of the molecule is CN(C)CCCC(=NO)c1ccccc1. The predicted octanol–water partition coefficient (Wildman–Crippen LogP) is 2.21. The number of hydrogen-bond donors (Lipinski definition) is 1. The van der Waals surface area contributed by atoms with Crippen LogP contribution >= 0.6 is 0 Å². The van der Waals surface area contributed by atoms with Crippen molar-refractivity contribution in [1.82, 2.24) is 4.90 Å². The molecule has 3 heteroatoms. The highest BCUT2D eigenvalue weighted by Crippen LogP contribution is 2.06. The second-order valence-electron chi connectivity index (χ2n) is 3.82. The maximum absolute atomic E-state index is 8.92. The molecule has 1 aromatic rings. The maximum Gasteiger partial charge on any atom is 0.0868 e. The summed E-state index contributed by atoms with van der Waals surface area (Å²) < 4.78 is 0. The van der Waals surface area contributed by atoms with Gasteiger partial charge in [0.25, 0.3) is 0 Å². The van der Waals surface area contributed by atoms with E-state index in [-0.39, 0.29) is 0 Å². The number of nitrogens with zero attached hydrogens (tertiary/aromatic N) is 2. The van der Waals surface area contributed by atoms with Crippen LogP contribution in [0.2, 0.25) is 0 Å². The van der Waals surface area contributed by atoms with Crippen LogP contribution in [0.25, 0.3) is 0 Å². The lowest BCUT2D eigenvalue weighted by molar-refractivity contribution is 0.317. The summed E-state index contributed by atoms with van der Waals surface area (Å²) in [6, 6.07) is 9.78. The summed E-state index contributed by atoms with van der Waals surface area (Å²) in [6.07, 6.45) is 1.81. The molecule has 0 saturated heterocycles. The smallest absolute Gasteiger partial charge is 0.0868 e. The lowest BCUT2D eigenvalue weighted by Gasteiger charge is -2.09. The first-order chi connectivity index (χ1) is 7.24. The molecule has 0 atom stereocenters. The molecule has 0 aliphatic heterocycles. The van der Waals surface area contributed by atoms with Crippen LogP contribution in [0.5, 0.6) is 0 Å². The van der Waals surface area contributed by atoms with Crippen LogP contribution in [0.3, 0.4) is 0 Å². The van der Waals surface area contributed by atoms with Crippen LogP contribution in [-0.4, -0.2) is 36.5 Å². The lowest BCUT2D eigenvalue weighted by atomic mass is 10.1. The van der Waals surface area contributed by atoms with Crippen molar-refractivity contribution in [2.24, 2.45) is 5.16 Å². The van der Waals surface area contributed by atoms with Gasteiger partial charge in [-0.25, -0.2) is 0 Å². The average Bonchev–Trinajstić information content (AvgIpc) is 2.25. The summed E-state index contributed by atoms with van der Waals surface area (Å²) in [5.41, 5.74) is 1.76. The van der Waals surface area contributed by atoms with Crippen molar-refractivity contribution in [3.8, 4) is 0 Å². The summed E-state index contributed by atoms with van der Waals surface area (Å²) >= 11 is 0. The van der Waals surface area contributed by atoms with E-state index < -0.39 is 0 Å². The molecule has 3 nitrogen and oxygen atoms in total. The van der Waals surface area contributed by atoms with Gasteiger partial charge in [0, 0.05) is 0 Å². The normalized spacial score (nSPS) is 12.1. The molecule has 0 aliphatic carbocycles. The Hall–Kier alpha value is -1.35. The molecule has 0 amide bonds. The number of rotatable bonds is 5.